The highest BCUT2D eigenvalue weighted by molar-refractivity contribution is 9.09. The monoisotopic (exact) mass is 180 g/mol. The van der Waals surface area contributed by atoms with Crippen molar-refractivity contribution in [2.75, 3.05) is 25.2 Å². The molecule has 1 aliphatic heterocycles. The molecule has 3 heteroatoms. The van der Waals surface area contributed by atoms with E-state index in [2.05, 4.69) is 15.9 Å². The van der Waals surface area contributed by atoms with Crippen molar-refractivity contribution in [2.24, 2.45) is 0 Å². The Bertz CT molecular complexity index is 63.4. The van der Waals surface area contributed by atoms with Gasteiger partial charge in [-0.05, 0) is 0 Å². The fraction of sp³-hybridized carbons (Fsp3) is 1.00. The molecule has 1 fully saturated rings. The van der Waals surface area contributed by atoms with Crippen LogP contribution in [0.25, 0.3) is 0 Å². The lowest BCUT2D eigenvalue weighted by Crippen LogP contribution is -2.02. The van der Waals surface area contributed by atoms with E-state index >= 15 is 0 Å². The molecule has 2 nitrogen and oxygen atoms in total. The van der Waals surface area contributed by atoms with Crippen LogP contribution in [0.15, 0.2) is 0 Å². The van der Waals surface area contributed by atoms with Crippen LogP contribution >= 0.6 is 15.9 Å². The van der Waals surface area contributed by atoms with Crippen molar-refractivity contribution in [3.8, 4) is 0 Å². The Morgan fingerprint density at radius 2 is 2.50 bits per heavy atom. The Balaban J connectivity index is 1.74. The highest BCUT2D eigenvalue weighted by Gasteiger charge is 2.21. The lowest BCUT2D eigenvalue weighted by molar-refractivity contribution is 0.131. The maximum absolute atomic E-state index is 5.13. The van der Waals surface area contributed by atoms with Gasteiger partial charge in [0.05, 0.1) is 19.8 Å². The number of hydrogen-bond donors (Lipinski definition) is 0. The maximum atomic E-state index is 5.13. The molecule has 0 unspecified atom stereocenters. The predicted molar refractivity (Wildman–Crippen MR) is 34.4 cm³/mol. The normalized spacial score (nSPS) is 25.9. The summed E-state index contributed by atoms with van der Waals surface area (Å²) in [5, 5.41) is 0.916. The molecule has 1 atom stereocenters. The lowest BCUT2D eigenvalue weighted by Gasteiger charge is -1.94. The number of ether oxygens (including phenoxy) is 2. The Hall–Kier alpha value is 0.400. The van der Waals surface area contributed by atoms with Gasteiger partial charge in [-0.15, -0.1) is 0 Å². The van der Waals surface area contributed by atoms with Crippen LogP contribution < -0.4 is 0 Å². The molecule has 48 valence electrons. The molecular formula is C5H9BrO2. The minimum atomic E-state index is 0.411. The molecule has 0 radical (unpaired) electrons. The van der Waals surface area contributed by atoms with Crippen LogP contribution in [-0.4, -0.2) is 31.3 Å². The van der Waals surface area contributed by atoms with Crippen LogP contribution in [-0.2, 0) is 9.47 Å². The van der Waals surface area contributed by atoms with E-state index in [1.807, 2.05) is 0 Å². The molecule has 0 aromatic rings. The smallest absolute Gasteiger partial charge is 0.104 e. The lowest BCUT2D eigenvalue weighted by atomic mass is 10.5. The second-order valence-corrected chi connectivity index (χ2v) is 2.51. The van der Waals surface area contributed by atoms with E-state index in [1.54, 1.807) is 0 Å². The van der Waals surface area contributed by atoms with Crippen molar-refractivity contribution in [3.05, 3.63) is 0 Å². The van der Waals surface area contributed by atoms with E-state index in [-0.39, 0.29) is 0 Å². The summed E-state index contributed by atoms with van der Waals surface area (Å²) in [6.45, 7) is 2.45. The second-order valence-electron chi connectivity index (χ2n) is 1.72. The summed E-state index contributed by atoms with van der Waals surface area (Å²) in [7, 11) is 0. The van der Waals surface area contributed by atoms with E-state index in [1.165, 1.54) is 0 Å². The molecular weight excluding hydrogens is 172 g/mol. The molecule has 0 amide bonds. The van der Waals surface area contributed by atoms with Crippen molar-refractivity contribution in [1.29, 1.82) is 0 Å². The summed E-state index contributed by atoms with van der Waals surface area (Å²) >= 11 is 3.25. The second kappa shape index (κ2) is 3.43. The SMILES string of the molecule is BrCCOC[C@@H]1CO1. The van der Waals surface area contributed by atoms with Crippen molar-refractivity contribution in [3.63, 3.8) is 0 Å². The highest BCUT2D eigenvalue weighted by Crippen LogP contribution is 2.07. The van der Waals surface area contributed by atoms with Gasteiger partial charge in [0.2, 0.25) is 0 Å². The molecule has 1 saturated heterocycles. The van der Waals surface area contributed by atoms with Gasteiger partial charge >= 0.3 is 0 Å². The average molecular weight is 181 g/mol. The summed E-state index contributed by atoms with van der Waals surface area (Å²) in [6.07, 6.45) is 0.411. The van der Waals surface area contributed by atoms with E-state index < -0.39 is 0 Å². The van der Waals surface area contributed by atoms with Gasteiger partial charge in [-0.2, -0.15) is 0 Å². The van der Waals surface area contributed by atoms with Gasteiger partial charge in [0.15, 0.2) is 0 Å². The molecule has 0 N–H and O–H groups in total. The topological polar surface area (TPSA) is 21.8 Å². The zero-order valence-corrected chi connectivity index (χ0v) is 6.19. The van der Waals surface area contributed by atoms with Crippen LogP contribution in [0.1, 0.15) is 0 Å². The summed E-state index contributed by atoms with van der Waals surface area (Å²) in [4.78, 5) is 0. The summed E-state index contributed by atoms with van der Waals surface area (Å²) in [5.74, 6) is 0. The summed E-state index contributed by atoms with van der Waals surface area (Å²) in [6, 6.07) is 0. The maximum Gasteiger partial charge on any atom is 0.104 e. The minimum absolute atomic E-state index is 0.411. The van der Waals surface area contributed by atoms with Gasteiger partial charge in [0.25, 0.3) is 0 Å². The number of hydrogen-bond acceptors (Lipinski definition) is 2. The largest absolute Gasteiger partial charge is 0.378 e. The van der Waals surface area contributed by atoms with E-state index in [0.717, 1.165) is 25.2 Å². The Morgan fingerprint density at radius 3 is 3.00 bits per heavy atom. The quantitative estimate of drug-likeness (QED) is 0.363. The van der Waals surface area contributed by atoms with Gasteiger partial charge in [0.1, 0.15) is 6.10 Å². The third-order valence-electron chi connectivity index (χ3n) is 0.928. The molecule has 8 heavy (non-hydrogen) atoms. The molecule has 0 bridgehead atoms. The molecule has 1 aliphatic rings. The summed E-state index contributed by atoms with van der Waals surface area (Å²) < 4.78 is 10.0. The van der Waals surface area contributed by atoms with E-state index in [4.69, 9.17) is 9.47 Å². The summed E-state index contributed by atoms with van der Waals surface area (Å²) in [5.41, 5.74) is 0. The molecule has 0 aliphatic carbocycles. The number of alkyl halides is 1. The molecule has 0 aromatic heterocycles. The highest BCUT2D eigenvalue weighted by atomic mass is 79.9. The molecule has 1 rings (SSSR count). The zero-order valence-electron chi connectivity index (χ0n) is 4.60. The first-order valence-electron chi connectivity index (χ1n) is 2.69. The van der Waals surface area contributed by atoms with Gasteiger partial charge in [0, 0.05) is 5.33 Å². The van der Waals surface area contributed by atoms with Crippen LogP contribution in [0.3, 0.4) is 0 Å². The molecule has 0 spiro atoms. The first-order valence-corrected chi connectivity index (χ1v) is 3.81. The Labute approximate surface area is 57.3 Å². The average Bonchev–Trinajstić information content (AvgIpc) is 2.51. The van der Waals surface area contributed by atoms with Gasteiger partial charge in [-0.25, -0.2) is 0 Å². The van der Waals surface area contributed by atoms with E-state index in [9.17, 15) is 0 Å². The third-order valence-corrected chi connectivity index (χ3v) is 1.25. The first kappa shape index (κ1) is 6.52. The number of epoxide rings is 1. The molecule has 0 aromatic carbocycles. The fourth-order valence-corrected chi connectivity index (χ4v) is 0.663. The van der Waals surface area contributed by atoms with Crippen molar-refractivity contribution >= 4 is 15.9 Å². The minimum Gasteiger partial charge on any atom is -0.378 e. The molecule has 1 heterocycles. The van der Waals surface area contributed by atoms with Crippen LogP contribution in [0, 0.1) is 0 Å². The zero-order chi connectivity index (χ0) is 5.82. The Morgan fingerprint density at radius 1 is 1.75 bits per heavy atom. The first-order chi connectivity index (χ1) is 3.93. The van der Waals surface area contributed by atoms with Crippen LogP contribution in [0.5, 0.6) is 0 Å². The van der Waals surface area contributed by atoms with Crippen molar-refractivity contribution < 1.29 is 9.47 Å². The number of halogens is 1. The van der Waals surface area contributed by atoms with Crippen molar-refractivity contribution in [2.45, 2.75) is 6.10 Å². The fourth-order valence-electron chi connectivity index (χ4n) is 0.434. The molecule has 0 saturated carbocycles. The Kier molecular flexibility index (Phi) is 2.80. The van der Waals surface area contributed by atoms with Gasteiger partial charge in [-0.1, -0.05) is 15.9 Å². The third kappa shape index (κ3) is 2.64. The number of rotatable bonds is 4. The predicted octanol–water partition coefficient (Wildman–Crippen LogP) is 0.797. The van der Waals surface area contributed by atoms with E-state index in [0.29, 0.717) is 6.10 Å². The van der Waals surface area contributed by atoms with Crippen LogP contribution in [0.4, 0.5) is 0 Å². The van der Waals surface area contributed by atoms with Gasteiger partial charge < -0.3 is 9.47 Å². The van der Waals surface area contributed by atoms with Gasteiger partial charge in [-0.3, -0.25) is 0 Å². The standard InChI is InChI=1S/C5H9BrO2/c6-1-2-7-3-5-4-8-5/h5H,1-4H2/t5-/m1/s1. The van der Waals surface area contributed by atoms with Crippen LogP contribution in [0.2, 0.25) is 0 Å². The van der Waals surface area contributed by atoms with Crippen molar-refractivity contribution in [1.82, 2.24) is 0 Å².